The van der Waals surface area contributed by atoms with Gasteiger partial charge in [0, 0.05) is 5.56 Å². The van der Waals surface area contributed by atoms with Gasteiger partial charge >= 0.3 is 0 Å². The zero-order valence-corrected chi connectivity index (χ0v) is 10.2. The Labute approximate surface area is 102 Å². The maximum Gasteiger partial charge on any atom is 0.257 e. The van der Waals surface area contributed by atoms with Crippen molar-refractivity contribution in [1.82, 2.24) is 10.2 Å². The number of nitrogens with zero attached hydrogens (tertiary/aromatic N) is 2. The number of amides is 1. The molecular formula is C10H9N3OS2. The fourth-order valence-electron chi connectivity index (χ4n) is 1.14. The molecule has 0 saturated heterocycles. The molecule has 1 heterocycles. The van der Waals surface area contributed by atoms with Crippen LogP contribution in [0.25, 0.3) is 0 Å². The first kappa shape index (κ1) is 11.1. The monoisotopic (exact) mass is 251 g/mol. The van der Waals surface area contributed by atoms with Crippen LogP contribution in [0.3, 0.4) is 0 Å². The zero-order valence-electron chi connectivity index (χ0n) is 8.47. The Morgan fingerprint density at radius 2 is 2.00 bits per heavy atom. The highest BCUT2D eigenvalue weighted by Crippen LogP contribution is 2.18. The van der Waals surface area contributed by atoms with Crippen molar-refractivity contribution in [3.8, 4) is 0 Å². The molecule has 1 aromatic heterocycles. The minimum atomic E-state index is -0.190. The molecule has 2 aromatic rings. The van der Waals surface area contributed by atoms with Gasteiger partial charge < -0.3 is 0 Å². The third-order valence-electron chi connectivity index (χ3n) is 1.95. The third kappa shape index (κ3) is 2.59. The summed E-state index contributed by atoms with van der Waals surface area (Å²) in [7, 11) is 0. The van der Waals surface area contributed by atoms with E-state index in [-0.39, 0.29) is 5.91 Å². The molecule has 4 nitrogen and oxygen atoms in total. The summed E-state index contributed by atoms with van der Waals surface area (Å²) in [6.45, 7) is 1.97. The van der Waals surface area contributed by atoms with Gasteiger partial charge in [0.2, 0.25) is 5.13 Å². The highest BCUT2D eigenvalue weighted by molar-refractivity contribution is 7.82. The molecule has 0 radical (unpaired) electrons. The van der Waals surface area contributed by atoms with Crippen molar-refractivity contribution >= 4 is 35.0 Å². The van der Waals surface area contributed by atoms with Crippen LogP contribution in [-0.2, 0) is 0 Å². The lowest BCUT2D eigenvalue weighted by Crippen LogP contribution is -2.11. The molecule has 82 valence electrons. The molecule has 1 aromatic carbocycles. The summed E-state index contributed by atoms with van der Waals surface area (Å²) in [6.07, 6.45) is 0. The number of aromatic nitrogens is 2. The summed E-state index contributed by atoms with van der Waals surface area (Å²) in [5, 5.41) is 10.6. The second-order valence-electron chi connectivity index (χ2n) is 3.21. The Bertz CT molecular complexity index is 507. The van der Waals surface area contributed by atoms with Gasteiger partial charge in [-0.25, -0.2) is 0 Å². The van der Waals surface area contributed by atoms with E-state index in [2.05, 4.69) is 28.1 Å². The van der Waals surface area contributed by atoms with E-state index in [9.17, 15) is 4.79 Å². The number of hydrogen-bond donors (Lipinski definition) is 2. The fourth-order valence-corrected chi connectivity index (χ4v) is 1.92. The number of hydrogen-bond acceptors (Lipinski definition) is 5. The van der Waals surface area contributed by atoms with Gasteiger partial charge in [-0.05, 0) is 19.1 Å². The number of anilines is 1. The minimum Gasteiger partial charge on any atom is -0.296 e. The van der Waals surface area contributed by atoms with Crippen LogP contribution in [0.5, 0.6) is 0 Å². The zero-order chi connectivity index (χ0) is 11.5. The van der Waals surface area contributed by atoms with Gasteiger partial charge in [0.1, 0.15) is 0 Å². The van der Waals surface area contributed by atoms with Crippen molar-refractivity contribution in [2.45, 2.75) is 11.3 Å². The molecule has 0 atom stereocenters. The van der Waals surface area contributed by atoms with Crippen molar-refractivity contribution < 1.29 is 4.79 Å². The van der Waals surface area contributed by atoms with E-state index in [0.717, 1.165) is 5.56 Å². The molecule has 1 N–H and O–H groups in total. The Hall–Kier alpha value is -1.40. The average Bonchev–Trinajstić information content (AvgIpc) is 2.65. The molecule has 1 amide bonds. The van der Waals surface area contributed by atoms with Crippen LogP contribution in [0.4, 0.5) is 5.13 Å². The van der Waals surface area contributed by atoms with Gasteiger partial charge in [0.15, 0.2) is 4.34 Å². The van der Waals surface area contributed by atoms with Gasteiger partial charge in [0.05, 0.1) is 0 Å². The number of nitrogens with one attached hydrogen (secondary N) is 1. The summed E-state index contributed by atoms with van der Waals surface area (Å²) in [4.78, 5) is 11.7. The van der Waals surface area contributed by atoms with E-state index >= 15 is 0 Å². The summed E-state index contributed by atoms with van der Waals surface area (Å²) < 4.78 is 0.527. The topological polar surface area (TPSA) is 54.9 Å². The second-order valence-corrected chi connectivity index (χ2v) is 4.91. The number of carbonyl (C=O) groups is 1. The standard InChI is InChI=1S/C10H9N3OS2/c1-6-2-4-7(5-3-6)8(14)11-9-12-13-10(15)16-9/h2-5H,1H3,(H,13,15)(H,11,12,14). The van der Waals surface area contributed by atoms with Gasteiger partial charge in [-0.3, -0.25) is 10.1 Å². The molecule has 0 bridgehead atoms. The molecule has 0 aliphatic rings. The highest BCUT2D eigenvalue weighted by atomic mass is 32.2. The molecule has 0 spiro atoms. The van der Waals surface area contributed by atoms with Crippen molar-refractivity contribution in [2.24, 2.45) is 0 Å². The maximum atomic E-state index is 11.7. The van der Waals surface area contributed by atoms with Crippen LogP contribution in [0.15, 0.2) is 28.6 Å². The molecule has 6 heteroatoms. The van der Waals surface area contributed by atoms with E-state index < -0.39 is 0 Å². The molecular weight excluding hydrogens is 242 g/mol. The predicted molar refractivity (Wildman–Crippen MR) is 66.3 cm³/mol. The Kier molecular flexibility index (Phi) is 3.21. The van der Waals surface area contributed by atoms with Crippen LogP contribution in [0.1, 0.15) is 15.9 Å². The predicted octanol–water partition coefficient (Wildman–Crippen LogP) is 2.39. The SMILES string of the molecule is Cc1ccc(C(=O)Nc2nnc(S)s2)cc1. The molecule has 2 rings (SSSR count). The second kappa shape index (κ2) is 4.63. The van der Waals surface area contributed by atoms with E-state index in [1.54, 1.807) is 12.1 Å². The Morgan fingerprint density at radius 1 is 1.31 bits per heavy atom. The Balaban J connectivity index is 2.11. The summed E-state index contributed by atoms with van der Waals surface area (Å²) in [5.74, 6) is -0.190. The van der Waals surface area contributed by atoms with Crippen LogP contribution in [-0.4, -0.2) is 16.1 Å². The first-order valence-electron chi connectivity index (χ1n) is 4.55. The smallest absolute Gasteiger partial charge is 0.257 e. The summed E-state index contributed by atoms with van der Waals surface area (Å²) >= 11 is 5.25. The van der Waals surface area contributed by atoms with Crippen molar-refractivity contribution in [3.63, 3.8) is 0 Å². The first-order valence-corrected chi connectivity index (χ1v) is 5.82. The fraction of sp³-hybridized carbons (Fsp3) is 0.100. The highest BCUT2D eigenvalue weighted by Gasteiger charge is 2.08. The molecule has 0 saturated carbocycles. The number of aryl methyl sites for hydroxylation is 1. The molecule has 0 fully saturated rings. The average molecular weight is 251 g/mol. The van der Waals surface area contributed by atoms with Gasteiger partial charge in [0.25, 0.3) is 5.91 Å². The van der Waals surface area contributed by atoms with E-state index in [0.29, 0.717) is 15.0 Å². The van der Waals surface area contributed by atoms with Crippen LogP contribution < -0.4 is 5.32 Å². The largest absolute Gasteiger partial charge is 0.296 e. The van der Waals surface area contributed by atoms with E-state index in [1.165, 1.54) is 11.3 Å². The van der Waals surface area contributed by atoms with Crippen LogP contribution >= 0.6 is 24.0 Å². The quantitative estimate of drug-likeness (QED) is 0.636. The number of benzene rings is 1. The van der Waals surface area contributed by atoms with Gasteiger partial charge in [-0.2, -0.15) is 0 Å². The molecule has 0 aliphatic heterocycles. The van der Waals surface area contributed by atoms with Crippen molar-refractivity contribution in [2.75, 3.05) is 5.32 Å². The normalized spacial score (nSPS) is 10.1. The summed E-state index contributed by atoms with van der Waals surface area (Å²) in [5.41, 5.74) is 1.71. The number of carbonyl (C=O) groups excluding carboxylic acids is 1. The van der Waals surface area contributed by atoms with Crippen molar-refractivity contribution in [3.05, 3.63) is 35.4 Å². The lowest BCUT2D eigenvalue weighted by Gasteiger charge is -2.00. The molecule has 16 heavy (non-hydrogen) atoms. The van der Waals surface area contributed by atoms with E-state index in [4.69, 9.17) is 0 Å². The molecule has 0 aliphatic carbocycles. The third-order valence-corrected chi connectivity index (χ3v) is 2.95. The first-order chi connectivity index (χ1) is 7.65. The lowest BCUT2D eigenvalue weighted by molar-refractivity contribution is 0.102. The minimum absolute atomic E-state index is 0.190. The molecule has 0 unspecified atom stereocenters. The van der Waals surface area contributed by atoms with Gasteiger partial charge in [-0.15, -0.1) is 22.8 Å². The van der Waals surface area contributed by atoms with Crippen LogP contribution in [0.2, 0.25) is 0 Å². The summed E-state index contributed by atoms with van der Waals surface area (Å²) in [6, 6.07) is 7.32. The van der Waals surface area contributed by atoms with Crippen LogP contribution in [0, 0.1) is 6.92 Å². The van der Waals surface area contributed by atoms with Crippen molar-refractivity contribution in [1.29, 1.82) is 0 Å². The number of thiol groups is 1. The van der Waals surface area contributed by atoms with E-state index in [1.807, 2.05) is 19.1 Å². The Morgan fingerprint density at radius 3 is 2.56 bits per heavy atom. The maximum absolute atomic E-state index is 11.7. The lowest BCUT2D eigenvalue weighted by atomic mass is 10.1. The number of rotatable bonds is 2. The van der Waals surface area contributed by atoms with Gasteiger partial charge in [-0.1, -0.05) is 29.0 Å².